The summed E-state index contributed by atoms with van der Waals surface area (Å²) in [7, 11) is 1.64. The smallest absolute Gasteiger partial charge is 0.321 e. The summed E-state index contributed by atoms with van der Waals surface area (Å²) in [5, 5.41) is 11.3. The molecule has 1 saturated heterocycles. The van der Waals surface area contributed by atoms with Gasteiger partial charge in [0, 0.05) is 44.4 Å². The van der Waals surface area contributed by atoms with Crippen LogP contribution in [0.3, 0.4) is 0 Å². The van der Waals surface area contributed by atoms with Gasteiger partial charge in [-0.3, -0.25) is 14.5 Å². The number of hydrogen-bond acceptors (Lipinski definition) is 3. The maximum Gasteiger partial charge on any atom is 0.321 e. The van der Waals surface area contributed by atoms with Crippen LogP contribution >= 0.6 is 0 Å². The van der Waals surface area contributed by atoms with Gasteiger partial charge < -0.3 is 15.3 Å². The molecule has 1 heterocycles. The number of hydrogen-bond donors (Lipinski definition) is 2. The Morgan fingerprint density at radius 1 is 1.32 bits per heavy atom. The van der Waals surface area contributed by atoms with Gasteiger partial charge in [0.2, 0.25) is 0 Å². The van der Waals surface area contributed by atoms with Crippen molar-refractivity contribution in [3.8, 4) is 0 Å². The molecule has 0 unspecified atom stereocenters. The molecule has 7 heteroatoms. The van der Waals surface area contributed by atoms with E-state index in [1.54, 1.807) is 36.2 Å². The zero-order valence-electron chi connectivity index (χ0n) is 12.4. The number of anilines is 1. The first-order valence-electron chi connectivity index (χ1n) is 7.11. The summed E-state index contributed by atoms with van der Waals surface area (Å²) < 4.78 is 0. The Hall–Kier alpha value is -2.57. The molecule has 7 nitrogen and oxygen atoms in total. The molecule has 1 aromatic rings. The van der Waals surface area contributed by atoms with Crippen molar-refractivity contribution in [3.05, 3.63) is 29.8 Å². The van der Waals surface area contributed by atoms with Crippen LogP contribution in [0.5, 0.6) is 0 Å². The lowest BCUT2D eigenvalue weighted by molar-refractivity contribution is -0.137. The van der Waals surface area contributed by atoms with E-state index >= 15 is 0 Å². The number of carboxylic acids is 1. The van der Waals surface area contributed by atoms with E-state index in [1.165, 1.54) is 4.90 Å². The number of carbonyl (C=O) groups is 3. The Morgan fingerprint density at radius 2 is 2.00 bits per heavy atom. The summed E-state index contributed by atoms with van der Waals surface area (Å²) in [4.78, 5) is 37.4. The molecule has 0 aliphatic carbocycles. The second-order valence-electron chi connectivity index (χ2n) is 5.15. The lowest BCUT2D eigenvalue weighted by atomic mass is 10.1. The van der Waals surface area contributed by atoms with Gasteiger partial charge in [-0.1, -0.05) is 0 Å². The van der Waals surface area contributed by atoms with Crippen molar-refractivity contribution in [1.29, 1.82) is 0 Å². The lowest BCUT2D eigenvalue weighted by Crippen LogP contribution is -2.29. The molecule has 0 aromatic heterocycles. The highest BCUT2D eigenvalue weighted by molar-refractivity contribution is 5.96. The molecule has 0 atom stereocenters. The minimum Gasteiger partial charge on any atom is -0.481 e. The van der Waals surface area contributed by atoms with E-state index in [9.17, 15) is 14.4 Å². The molecule has 3 amide bonds. The third-order valence-corrected chi connectivity index (χ3v) is 3.51. The third kappa shape index (κ3) is 3.75. The van der Waals surface area contributed by atoms with Crippen LogP contribution in [0.15, 0.2) is 24.3 Å². The minimum atomic E-state index is -0.867. The number of urea groups is 1. The number of rotatable bonds is 6. The molecule has 2 N–H and O–H groups in total. The molecular formula is C15H19N3O4. The second-order valence-corrected chi connectivity index (χ2v) is 5.15. The van der Waals surface area contributed by atoms with E-state index in [-0.39, 0.29) is 18.4 Å². The highest BCUT2D eigenvalue weighted by Gasteiger charge is 2.21. The van der Waals surface area contributed by atoms with E-state index in [0.29, 0.717) is 31.6 Å². The fraction of sp³-hybridized carbons (Fsp3) is 0.400. The number of benzene rings is 1. The number of aliphatic carboxylic acids is 1. The van der Waals surface area contributed by atoms with Crippen LogP contribution in [0.2, 0.25) is 0 Å². The zero-order chi connectivity index (χ0) is 16.1. The second kappa shape index (κ2) is 6.93. The van der Waals surface area contributed by atoms with Crippen LogP contribution in [0.1, 0.15) is 23.2 Å². The standard InChI is InChI=1S/C15H19N3O4/c1-17(9-2-3-13(19)20)14(21)11-4-6-12(7-5-11)18-10-8-16-15(18)22/h4-7H,2-3,8-10H2,1H3,(H,16,22)(H,19,20). The predicted octanol–water partition coefficient (Wildman–Crippen LogP) is 1.15. The Labute approximate surface area is 128 Å². The first-order valence-corrected chi connectivity index (χ1v) is 7.11. The normalized spacial score (nSPS) is 13.9. The molecule has 0 spiro atoms. The van der Waals surface area contributed by atoms with Gasteiger partial charge in [0.15, 0.2) is 0 Å². The molecule has 0 bridgehead atoms. The first-order chi connectivity index (χ1) is 10.5. The number of nitrogens with one attached hydrogen (secondary N) is 1. The highest BCUT2D eigenvalue weighted by atomic mass is 16.4. The van der Waals surface area contributed by atoms with Crippen molar-refractivity contribution in [2.24, 2.45) is 0 Å². The van der Waals surface area contributed by atoms with Crippen molar-refractivity contribution in [1.82, 2.24) is 10.2 Å². The molecule has 0 saturated carbocycles. The van der Waals surface area contributed by atoms with Crippen LogP contribution in [-0.2, 0) is 4.79 Å². The van der Waals surface area contributed by atoms with Crippen LogP contribution in [0.4, 0.5) is 10.5 Å². The molecule has 0 radical (unpaired) electrons. The molecule has 1 aliphatic heterocycles. The average Bonchev–Trinajstić information content (AvgIpc) is 2.92. The lowest BCUT2D eigenvalue weighted by Gasteiger charge is -2.18. The van der Waals surface area contributed by atoms with Gasteiger partial charge >= 0.3 is 12.0 Å². The van der Waals surface area contributed by atoms with E-state index in [0.717, 1.165) is 5.69 Å². The minimum absolute atomic E-state index is 0.0423. The fourth-order valence-corrected chi connectivity index (χ4v) is 2.29. The van der Waals surface area contributed by atoms with Crippen LogP contribution in [-0.4, -0.2) is 54.6 Å². The van der Waals surface area contributed by atoms with Gasteiger partial charge in [0.25, 0.3) is 5.91 Å². The highest BCUT2D eigenvalue weighted by Crippen LogP contribution is 2.18. The summed E-state index contributed by atoms with van der Waals surface area (Å²) in [6, 6.07) is 6.70. The number of nitrogens with zero attached hydrogens (tertiary/aromatic N) is 2. The van der Waals surface area contributed by atoms with E-state index in [2.05, 4.69) is 5.32 Å². The molecule has 1 aromatic carbocycles. The van der Waals surface area contributed by atoms with Gasteiger partial charge in [-0.2, -0.15) is 0 Å². The summed E-state index contributed by atoms with van der Waals surface area (Å²) in [6.45, 7) is 1.62. The van der Waals surface area contributed by atoms with Crippen LogP contribution < -0.4 is 10.2 Å². The number of carboxylic acid groups (broad SMARTS) is 1. The van der Waals surface area contributed by atoms with Gasteiger partial charge in [-0.05, 0) is 30.7 Å². The fourth-order valence-electron chi connectivity index (χ4n) is 2.29. The third-order valence-electron chi connectivity index (χ3n) is 3.51. The van der Waals surface area contributed by atoms with Crippen LogP contribution in [0.25, 0.3) is 0 Å². The molecule has 118 valence electrons. The monoisotopic (exact) mass is 305 g/mol. The number of carbonyl (C=O) groups excluding carboxylic acids is 2. The zero-order valence-corrected chi connectivity index (χ0v) is 12.4. The Morgan fingerprint density at radius 3 is 2.55 bits per heavy atom. The van der Waals surface area contributed by atoms with E-state index in [4.69, 9.17) is 5.11 Å². The van der Waals surface area contributed by atoms with Gasteiger partial charge in [-0.25, -0.2) is 4.79 Å². The molecule has 1 aliphatic rings. The van der Waals surface area contributed by atoms with Crippen LogP contribution in [0, 0.1) is 0 Å². The van der Waals surface area contributed by atoms with E-state index < -0.39 is 5.97 Å². The van der Waals surface area contributed by atoms with Crippen molar-refractivity contribution in [3.63, 3.8) is 0 Å². The SMILES string of the molecule is CN(CCCC(=O)O)C(=O)c1ccc(N2CCNC2=O)cc1. The van der Waals surface area contributed by atoms with Gasteiger partial charge in [0.1, 0.15) is 0 Å². The maximum absolute atomic E-state index is 12.2. The average molecular weight is 305 g/mol. The van der Waals surface area contributed by atoms with Crippen molar-refractivity contribution < 1.29 is 19.5 Å². The first kappa shape index (κ1) is 15.8. The Balaban J connectivity index is 1.95. The van der Waals surface area contributed by atoms with Gasteiger partial charge in [0.05, 0.1) is 0 Å². The molecule has 22 heavy (non-hydrogen) atoms. The Kier molecular flexibility index (Phi) is 4.98. The van der Waals surface area contributed by atoms with E-state index in [1.807, 2.05) is 0 Å². The largest absolute Gasteiger partial charge is 0.481 e. The summed E-state index contributed by atoms with van der Waals surface area (Å²) in [5.41, 5.74) is 1.27. The van der Waals surface area contributed by atoms with Crippen molar-refractivity contribution in [2.75, 3.05) is 31.6 Å². The molecule has 2 rings (SSSR count). The number of amides is 3. The quantitative estimate of drug-likeness (QED) is 0.825. The van der Waals surface area contributed by atoms with Gasteiger partial charge in [-0.15, -0.1) is 0 Å². The summed E-state index contributed by atoms with van der Waals surface area (Å²) >= 11 is 0. The summed E-state index contributed by atoms with van der Waals surface area (Å²) in [6.07, 6.45) is 0.463. The maximum atomic E-state index is 12.2. The topological polar surface area (TPSA) is 90.0 Å². The molecular weight excluding hydrogens is 286 g/mol. The Bertz CT molecular complexity index is 571. The van der Waals surface area contributed by atoms with Crippen molar-refractivity contribution in [2.45, 2.75) is 12.8 Å². The summed E-state index contributed by atoms with van der Waals surface area (Å²) in [5.74, 6) is -1.03. The predicted molar refractivity (Wildman–Crippen MR) is 81.0 cm³/mol. The molecule has 1 fully saturated rings. The van der Waals surface area contributed by atoms with Crippen molar-refractivity contribution >= 4 is 23.6 Å².